The summed E-state index contributed by atoms with van der Waals surface area (Å²) in [5.74, 6) is 0.738. The number of piperidine rings is 1. The molecule has 3 rings (SSSR count). The second kappa shape index (κ2) is 7.02. The first-order valence-electron chi connectivity index (χ1n) is 8.77. The van der Waals surface area contributed by atoms with Gasteiger partial charge >= 0.3 is 0 Å². The summed E-state index contributed by atoms with van der Waals surface area (Å²) in [5.41, 5.74) is 0.753. The Bertz CT molecular complexity index is 525. The molecule has 2 heterocycles. The van der Waals surface area contributed by atoms with Gasteiger partial charge in [0.05, 0.1) is 0 Å². The van der Waals surface area contributed by atoms with Crippen molar-refractivity contribution in [2.24, 2.45) is 5.92 Å². The van der Waals surface area contributed by atoms with Crippen molar-refractivity contribution in [3.8, 4) is 0 Å². The molecule has 2 atom stereocenters. The molecule has 2 saturated heterocycles. The van der Waals surface area contributed by atoms with Gasteiger partial charge in [-0.2, -0.15) is 0 Å². The molecule has 0 spiro atoms. The van der Waals surface area contributed by atoms with Gasteiger partial charge in [-0.15, -0.1) is 0 Å². The first-order valence-corrected chi connectivity index (χ1v) is 8.77. The van der Waals surface area contributed by atoms with Gasteiger partial charge in [0.2, 0.25) is 0 Å². The average Bonchev–Trinajstić information content (AvgIpc) is 2.96. The Kier molecular flexibility index (Phi) is 5.02. The average molecular weight is 316 g/mol. The fourth-order valence-electron chi connectivity index (χ4n) is 4.08. The summed E-state index contributed by atoms with van der Waals surface area (Å²) in [4.78, 5) is 15.2. The number of nitrogens with one attached hydrogen (secondary N) is 1. The van der Waals surface area contributed by atoms with E-state index in [1.54, 1.807) is 7.11 Å². The lowest BCUT2D eigenvalue weighted by molar-refractivity contribution is -0.159. The van der Waals surface area contributed by atoms with Gasteiger partial charge in [0.15, 0.2) is 0 Å². The number of amides is 1. The largest absolute Gasteiger partial charge is 0.368 e. The van der Waals surface area contributed by atoms with Crippen LogP contribution in [0.2, 0.25) is 0 Å². The summed E-state index contributed by atoms with van der Waals surface area (Å²) in [6.07, 6.45) is 3.68. The second-order valence-electron chi connectivity index (χ2n) is 6.93. The summed E-state index contributed by atoms with van der Waals surface area (Å²) in [6, 6.07) is 10.9. The molecule has 2 aliphatic heterocycles. The second-order valence-corrected chi connectivity index (χ2v) is 6.93. The van der Waals surface area contributed by atoms with E-state index >= 15 is 0 Å². The van der Waals surface area contributed by atoms with Gasteiger partial charge in [0, 0.05) is 19.7 Å². The smallest absolute Gasteiger partial charge is 0.255 e. The minimum Gasteiger partial charge on any atom is -0.368 e. The molecule has 0 radical (unpaired) electrons. The number of carbonyl (C=O) groups excluding carboxylic acids is 1. The highest BCUT2D eigenvalue weighted by molar-refractivity contribution is 5.86. The maximum absolute atomic E-state index is 13.1. The minimum absolute atomic E-state index is 0.199. The first-order chi connectivity index (χ1) is 11.2. The van der Waals surface area contributed by atoms with Crippen LogP contribution in [-0.4, -0.2) is 49.2 Å². The number of hydrogen-bond acceptors (Lipinski definition) is 3. The van der Waals surface area contributed by atoms with E-state index in [0.717, 1.165) is 45.3 Å². The van der Waals surface area contributed by atoms with Crippen molar-refractivity contribution >= 4 is 5.91 Å². The Labute approximate surface area is 139 Å². The highest BCUT2D eigenvalue weighted by Crippen LogP contribution is 2.33. The normalized spacial score (nSPS) is 27.1. The van der Waals surface area contributed by atoms with Crippen LogP contribution in [0, 0.1) is 5.92 Å². The highest BCUT2D eigenvalue weighted by atomic mass is 16.5. The molecule has 0 aromatic heterocycles. The Hall–Kier alpha value is -1.39. The minimum atomic E-state index is -0.610. The molecule has 2 aliphatic rings. The molecule has 0 aliphatic carbocycles. The van der Waals surface area contributed by atoms with Gasteiger partial charge < -0.3 is 15.0 Å². The molecule has 2 fully saturated rings. The fourth-order valence-corrected chi connectivity index (χ4v) is 4.08. The molecule has 4 heteroatoms. The van der Waals surface area contributed by atoms with E-state index in [1.165, 1.54) is 5.56 Å². The zero-order valence-electron chi connectivity index (χ0n) is 14.3. The van der Waals surface area contributed by atoms with E-state index in [2.05, 4.69) is 47.5 Å². The molecule has 23 heavy (non-hydrogen) atoms. The monoisotopic (exact) mass is 316 g/mol. The molecular formula is C19H28N2O2. The Morgan fingerprint density at radius 3 is 2.65 bits per heavy atom. The Morgan fingerprint density at radius 1 is 1.30 bits per heavy atom. The van der Waals surface area contributed by atoms with Crippen LogP contribution in [-0.2, 0) is 16.0 Å². The van der Waals surface area contributed by atoms with Crippen LogP contribution in [0.1, 0.15) is 31.7 Å². The topological polar surface area (TPSA) is 41.6 Å². The van der Waals surface area contributed by atoms with Crippen LogP contribution in [0.5, 0.6) is 0 Å². The number of ether oxygens (including phenoxy) is 1. The number of nitrogens with zero attached hydrogens (tertiary/aromatic N) is 1. The Morgan fingerprint density at radius 2 is 2.00 bits per heavy atom. The third-order valence-corrected chi connectivity index (χ3v) is 5.71. The lowest BCUT2D eigenvalue weighted by atomic mass is 9.89. The van der Waals surface area contributed by atoms with E-state index in [9.17, 15) is 4.79 Å². The van der Waals surface area contributed by atoms with Crippen LogP contribution in [0.15, 0.2) is 30.3 Å². The number of benzene rings is 1. The third-order valence-electron chi connectivity index (χ3n) is 5.71. The van der Waals surface area contributed by atoms with Gasteiger partial charge in [0.25, 0.3) is 5.91 Å². The summed E-state index contributed by atoms with van der Waals surface area (Å²) < 4.78 is 5.72. The van der Waals surface area contributed by atoms with Crippen molar-refractivity contribution in [2.45, 2.75) is 44.2 Å². The predicted molar refractivity (Wildman–Crippen MR) is 91.3 cm³/mol. The molecular weight excluding hydrogens is 288 g/mol. The van der Waals surface area contributed by atoms with E-state index in [1.807, 2.05) is 0 Å². The van der Waals surface area contributed by atoms with Crippen molar-refractivity contribution in [1.82, 2.24) is 10.2 Å². The maximum atomic E-state index is 13.1. The SMILES string of the molecule is COC1(C(=O)N2CCC(Cc3ccccc3)C2C)CCNCC1. The van der Waals surface area contributed by atoms with Gasteiger partial charge in [0.1, 0.15) is 5.60 Å². The van der Waals surface area contributed by atoms with Gasteiger partial charge in [-0.1, -0.05) is 30.3 Å². The summed E-state index contributed by atoms with van der Waals surface area (Å²) >= 11 is 0. The lowest BCUT2D eigenvalue weighted by Crippen LogP contribution is -2.56. The van der Waals surface area contributed by atoms with Crippen molar-refractivity contribution in [3.05, 3.63) is 35.9 Å². The van der Waals surface area contributed by atoms with Crippen molar-refractivity contribution in [3.63, 3.8) is 0 Å². The molecule has 1 aromatic rings. The van der Waals surface area contributed by atoms with Gasteiger partial charge in [-0.05, 0) is 57.2 Å². The quantitative estimate of drug-likeness (QED) is 0.926. The van der Waals surface area contributed by atoms with Gasteiger partial charge in [-0.3, -0.25) is 4.79 Å². The number of likely N-dealkylation sites (tertiary alicyclic amines) is 1. The van der Waals surface area contributed by atoms with Crippen LogP contribution >= 0.6 is 0 Å². The van der Waals surface area contributed by atoms with Crippen LogP contribution < -0.4 is 5.32 Å². The number of carbonyl (C=O) groups is 1. The maximum Gasteiger partial charge on any atom is 0.255 e. The van der Waals surface area contributed by atoms with E-state index < -0.39 is 5.60 Å². The van der Waals surface area contributed by atoms with Gasteiger partial charge in [-0.25, -0.2) is 0 Å². The summed E-state index contributed by atoms with van der Waals surface area (Å²) in [5, 5.41) is 3.32. The first kappa shape index (κ1) is 16.5. The number of methoxy groups -OCH3 is 1. The molecule has 1 amide bonds. The molecule has 126 valence electrons. The van der Waals surface area contributed by atoms with E-state index in [4.69, 9.17) is 4.74 Å². The van der Waals surface area contributed by atoms with Crippen LogP contribution in [0.4, 0.5) is 0 Å². The van der Waals surface area contributed by atoms with Crippen LogP contribution in [0.3, 0.4) is 0 Å². The standard InChI is InChI=1S/C19H28N2O2/c1-15-17(14-16-6-4-3-5-7-16)8-13-21(15)18(22)19(23-2)9-11-20-12-10-19/h3-7,15,17,20H,8-14H2,1-2H3. The fraction of sp³-hybridized carbons (Fsp3) is 0.632. The molecule has 4 nitrogen and oxygen atoms in total. The third kappa shape index (κ3) is 3.29. The van der Waals surface area contributed by atoms with Crippen molar-refractivity contribution < 1.29 is 9.53 Å². The Balaban J connectivity index is 1.68. The zero-order chi connectivity index (χ0) is 16.3. The highest BCUT2D eigenvalue weighted by Gasteiger charge is 2.46. The van der Waals surface area contributed by atoms with Crippen molar-refractivity contribution in [1.29, 1.82) is 0 Å². The van der Waals surface area contributed by atoms with E-state index in [-0.39, 0.29) is 11.9 Å². The lowest BCUT2D eigenvalue weighted by Gasteiger charge is -2.39. The van der Waals surface area contributed by atoms with Crippen molar-refractivity contribution in [2.75, 3.05) is 26.7 Å². The summed E-state index contributed by atoms with van der Waals surface area (Å²) in [7, 11) is 1.69. The molecule has 1 N–H and O–H groups in total. The van der Waals surface area contributed by atoms with E-state index in [0.29, 0.717) is 5.92 Å². The predicted octanol–water partition coefficient (Wildman–Crippen LogP) is 2.23. The molecule has 1 aromatic carbocycles. The number of rotatable bonds is 4. The molecule has 2 unspecified atom stereocenters. The zero-order valence-corrected chi connectivity index (χ0v) is 14.3. The molecule has 0 bridgehead atoms. The molecule has 0 saturated carbocycles. The summed E-state index contributed by atoms with van der Waals surface area (Å²) in [6.45, 7) is 4.77. The number of hydrogen-bond donors (Lipinski definition) is 1. The van der Waals surface area contributed by atoms with Crippen LogP contribution in [0.25, 0.3) is 0 Å².